The number of hydrogen-bond acceptors (Lipinski definition) is 1. The van der Waals surface area contributed by atoms with Crippen molar-refractivity contribution in [2.45, 2.75) is 32.6 Å². The van der Waals surface area contributed by atoms with Crippen molar-refractivity contribution in [3.05, 3.63) is 29.8 Å². The van der Waals surface area contributed by atoms with Crippen molar-refractivity contribution in [1.82, 2.24) is 0 Å². The Morgan fingerprint density at radius 2 is 1.86 bits per heavy atom. The standard InChI is InChI=1S/C13H18O/c1-3-14-13-6-4-11(5-7-13)12-8-10(2)9-12/h4-7,10,12H,3,8-9H2,1-2H3. The molecule has 0 bridgehead atoms. The summed E-state index contributed by atoms with van der Waals surface area (Å²) in [4.78, 5) is 0. The first-order chi connectivity index (χ1) is 6.79. The van der Waals surface area contributed by atoms with Crippen LogP contribution in [-0.4, -0.2) is 6.61 Å². The molecule has 1 heteroatoms. The molecule has 2 rings (SSSR count). The highest BCUT2D eigenvalue weighted by Gasteiger charge is 2.26. The van der Waals surface area contributed by atoms with Gasteiger partial charge in [0, 0.05) is 0 Å². The van der Waals surface area contributed by atoms with Gasteiger partial charge >= 0.3 is 0 Å². The maximum absolute atomic E-state index is 5.41. The van der Waals surface area contributed by atoms with Gasteiger partial charge in [-0.05, 0) is 49.3 Å². The topological polar surface area (TPSA) is 9.23 Å². The van der Waals surface area contributed by atoms with Crippen molar-refractivity contribution in [3.63, 3.8) is 0 Å². The van der Waals surface area contributed by atoms with Crippen molar-refractivity contribution in [1.29, 1.82) is 0 Å². The van der Waals surface area contributed by atoms with E-state index >= 15 is 0 Å². The number of rotatable bonds is 3. The van der Waals surface area contributed by atoms with Gasteiger partial charge in [-0.25, -0.2) is 0 Å². The maximum Gasteiger partial charge on any atom is 0.119 e. The maximum atomic E-state index is 5.41. The van der Waals surface area contributed by atoms with E-state index in [1.807, 2.05) is 6.92 Å². The van der Waals surface area contributed by atoms with Crippen LogP contribution in [0.5, 0.6) is 5.75 Å². The zero-order chi connectivity index (χ0) is 9.97. The van der Waals surface area contributed by atoms with Crippen LogP contribution in [0, 0.1) is 5.92 Å². The molecule has 0 N–H and O–H groups in total. The van der Waals surface area contributed by atoms with E-state index in [9.17, 15) is 0 Å². The lowest BCUT2D eigenvalue weighted by atomic mass is 9.72. The predicted molar refractivity (Wildman–Crippen MR) is 58.8 cm³/mol. The van der Waals surface area contributed by atoms with E-state index in [0.29, 0.717) is 0 Å². The summed E-state index contributed by atoms with van der Waals surface area (Å²) in [5.41, 5.74) is 1.48. The molecule has 1 aliphatic rings. The van der Waals surface area contributed by atoms with Gasteiger partial charge in [-0.15, -0.1) is 0 Å². The number of hydrogen-bond donors (Lipinski definition) is 0. The molecule has 0 spiro atoms. The number of ether oxygens (including phenoxy) is 1. The van der Waals surface area contributed by atoms with Gasteiger partial charge in [-0.3, -0.25) is 0 Å². The Kier molecular flexibility index (Phi) is 2.76. The van der Waals surface area contributed by atoms with Gasteiger partial charge in [0.25, 0.3) is 0 Å². The fourth-order valence-electron chi connectivity index (χ4n) is 2.18. The van der Waals surface area contributed by atoms with E-state index in [4.69, 9.17) is 4.74 Å². The van der Waals surface area contributed by atoms with Crippen LogP contribution in [0.3, 0.4) is 0 Å². The first kappa shape index (κ1) is 9.57. The van der Waals surface area contributed by atoms with Gasteiger partial charge in [0.2, 0.25) is 0 Å². The molecule has 1 aliphatic carbocycles. The Labute approximate surface area is 86.1 Å². The molecular formula is C13H18O. The zero-order valence-electron chi connectivity index (χ0n) is 8.99. The van der Waals surface area contributed by atoms with Crippen LogP contribution in [0.15, 0.2) is 24.3 Å². The largest absolute Gasteiger partial charge is 0.494 e. The Morgan fingerprint density at radius 1 is 1.21 bits per heavy atom. The van der Waals surface area contributed by atoms with Crippen LogP contribution in [0.4, 0.5) is 0 Å². The highest BCUT2D eigenvalue weighted by Crippen LogP contribution is 2.41. The van der Waals surface area contributed by atoms with E-state index < -0.39 is 0 Å². The molecule has 0 heterocycles. The Bertz CT molecular complexity index is 283. The summed E-state index contributed by atoms with van der Waals surface area (Å²) < 4.78 is 5.41. The first-order valence-corrected chi connectivity index (χ1v) is 5.52. The van der Waals surface area contributed by atoms with Gasteiger partial charge in [0.05, 0.1) is 6.61 Å². The first-order valence-electron chi connectivity index (χ1n) is 5.52. The highest BCUT2D eigenvalue weighted by atomic mass is 16.5. The molecule has 76 valence electrons. The van der Waals surface area contributed by atoms with Crippen LogP contribution in [-0.2, 0) is 0 Å². The van der Waals surface area contributed by atoms with Gasteiger partial charge in [0.15, 0.2) is 0 Å². The fourth-order valence-corrected chi connectivity index (χ4v) is 2.18. The minimum absolute atomic E-state index is 0.750. The lowest BCUT2D eigenvalue weighted by Crippen LogP contribution is -2.18. The van der Waals surface area contributed by atoms with Crippen molar-refractivity contribution >= 4 is 0 Å². The molecule has 0 unspecified atom stereocenters. The van der Waals surface area contributed by atoms with Gasteiger partial charge < -0.3 is 4.74 Å². The summed E-state index contributed by atoms with van der Waals surface area (Å²) in [5.74, 6) is 2.72. The highest BCUT2D eigenvalue weighted by molar-refractivity contribution is 5.30. The smallest absolute Gasteiger partial charge is 0.119 e. The minimum Gasteiger partial charge on any atom is -0.494 e. The van der Waals surface area contributed by atoms with Crippen LogP contribution >= 0.6 is 0 Å². The normalized spacial score (nSPS) is 25.6. The Balaban J connectivity index is 1.99. The van der Waals surface area contributed by atoms with Crippen molar-refractivity contribution in [3.8, 4) is 5.75 Å². The lowest BCUT2D eigenvalue weighted by Gasteiger charge is -2.33. The minimum atomic E-state index is 0.750. The Morgan fingerprint density at radius 3 is 2.36 bits per heavy atom. The van der Waals surface area contributed by atoms with Crippen LogP contribution in [0.1, 0.15) is 38.2 Å². The molecule has 1 fully saturated rings. The van der Waals surface area contributed by atoms with Crippen LogP contribution in [0.2, 0.25) is 0 Å². The predicted octanol–water partition coefficient (Wildman–Crippen LogP) is 3.60. The average Bonchev–Trinajstić information content (AvgIpc) is 2.15. The molecule has 1 saturated carbocycles. The quantitative estimate of drug-likeness (QED) is 0.707. The average molecular weight is 190 g/mol. The second-order valence-electron chi connectivity index (χ2n) is 4.28. The van der Waals surface area contributed by atoms with Crippen molar-refractivity contribution in [2.24, 2.45) is 5.92 Å². The molecule has 0 aromatic heterocycles. The monoisotopic (exact) mass is 190 g/mol. The van der Waals surface area contributed by atoms with E-state index in [0.717, 1.165) is 24.2 Å². The SMILES string of the molecule is CCOc1ccc(C2CC(C)C2)cc1. The summed E-state index contributed by atoms with van der Waals surface area (Å²) >= 11 is 0. The molecule has 0 saturated heterocycles. The second kappa shape index (κ2) is 4.04. The van der Waals surface area contributed by atoms with Crippen molar-refractivity contribution < 1.29 is 4.74 Å². The third kappa shape index (κ3) is 1.92. The summed E-state index contributed by atoms with van der Waals surface area (Å²) in [6, 6.07) is 8.59. The van der Waals surface area contributed by atoms with E-state index in [-0.39, 0.29) is 0 Å². The van der Waals surface area contributed by atoms with Crippen LogP contribution in [0.25, 0.3) is 0 Å². The molecule has 0 amide bonds. The molecule has 14 heavy (non-hydrogen) atoms. The molecular weight excluding hydrogens is 172 g/mol. The molecule has 0 aliphatic heterocycles. The van der Waals surface area contributed by atoms with Gasteiger partial charge in [-0.1, -0.05) is 19.1 Å². The molecule has 1 aromatic carbocycles. The molecule has 0 atom stereocenters. The molecule has 1 nitrogen and oxygen atoms in total. The lowest BCUT2D eigenvalue weighted by molar-refractivity contribution is 0.288. The summed E-state index contributed by atoms with van der Waals surface area (Å²) in [5, 5.41) is 0. The van der Waals surface area contributed by atoms with Crippen molar-refractivity contribution in [2.75, 3.05) is 6.61 Å². The van der Waals surface area contributed by atoms with Gasteiger partial charge in [0.1, 0.15) is 5.75 Å². The van der Waals surface area contributed by atoms with E-state index in [1.54, 1.807) is 0 Å². The summed E-state index contributed by atoms with van der Waals surface area (Å²) in [6.07, 6.45) is 2.71. The van der Waals surface area contributed by atoms with E-state index in [1.165, 1.54) is 18.4 Å². The summed E-state index contributed by atoms with van der Waals surface area (Å²) in [6.45, 7) is 5.09. The zero-order valence-corrected chi connectivity index (χ0v) is 8.99. The molecule has 0 radical (unpaired) electrons. The van der Waals surface area contributed by atoms with E-state index in [2.05, 4.69) is 31.2 Å². The second-order valence-corrected chi connectivity index (χ2v) is 4.28. The third-order valence-electron chi connectivity index (χ3n) is 3.04. The van der Waals surface area contributed by atoms with Gasteiger partial charge in [-0.2, -0.15) is 0 Å². The molecule has 1 aromatic rings. The fraction of sp³-hybridized carbons (Fsp3) is 0.538. The number of benzene rings is 1. The van der Waals surface area contributed by atoms with Crippen LogP contribution < -0.4 is 4.74 Å². The Hall–Kier alpha value is -0.980. The summed E-state index contributed by atoms with van der Waals surface area (Å²) in [7, 11) is 0. The third-order valence-corrected chi connectivity index (χ3v) is 3.04.